The van der Waals surface area contributed by atoms with E-state index in [4.69, 9.17) is 16.3 Å². The second-order valence-electron chi connectivity index (χ2n) is 2.29. The SMILES string of the molecule is C=Cc1nc(Cl)cnc1OCC(F)F. The van der Waals surface area contributed by atoms with Crippen LogP contribution in [0.2, 0.25) is 5.15 Å². The molecule has 0 radical (unpaired) electrons. The van der Waals surface area contributed by atoms with Crippen LogP contribution in [0.4, 0.5) is 8.78 Å². The molecule has 0 aliphatic rings. The number of nitrogens with zero attached hydrogens (tertiary/aromatic N) is 2. The predicted octanol–water partition coefficient (Wildman–Crippen LogP) is 2.42. The fourth-order valence-corrected chi connectivity index (χ4v) is 0.896. The minimum Gasteiger partial charge on any atom is -0.470 e. The summed E-state index contributed by atoms with van der Waals surface area (Å²) in [6.07, 6.45) is -0.000157. The summed E-state index contributed by atoms with van der Waals surface area (Å²) in [5.74, 6) is 0.00435. The number of aromatic nitrogens is 2. The van der Waals surface area contributed by atoms with E-state index in [-0.39, 0.29) is 16.7 Å². The van der Waals surface area contributed by atoms with Gasteiger partial charge in [-0.2, -0.15) is 0 Å². The Morgan fingerprint density at radius 2 is 2.36 bits per heavy atom. The van der Waals surface area contributed by atoms with Crippen molar-refractivity contribution < 1.29 is 13.5 Å². The van der Waals surface area contributed by atoms with Gasteiger partial charge in [0.25, 0.3) is 6.43 Å². The van der Waals surface area contributed by atoms with E-state index in [0.29, 0.717) is 0 Å². The van der Waals surface area contributed by atoms with Gasteiger partial charge in [-0.25, -0.2) is 18.7 Å². The first-order chi connectivity index (χ1) is 6.63. The van der Waals surface area contributed by atoms with Gasteiger partial charge in [-0.15, -0.1) is 0 Å². The van der Waals surface area contributed by atoms with Crippen LogP contribution in [0.5, 0.6) is 5.88 Å². The molecule has 14 heavy (non-hydrogen) atoms. The van der Waals surface area contributed by atoms with Gasteiger partial charge >= 0.3 is 0 Å². The van der Waals surface area contributed by atoms with Crippen LogP contribution in [-0.4, -0.2) is 23.0 Å². The molecule has 1 aromatic rings. The van der Waals surface area contributed by atoms with Gasteiger partial charge in [0.15, 0.2) is 6.61 Å². The van der Waals surface area contributed by atoms with Crippen molar-refractivity contribution in [2.75, 3.05) is 6.61 Å². The zero-order chi connectivity index (χ0) is 10.6. The molecule has 6 heteroatoms. The number of hydrogen-bond donors (Lipinski definition) is 0. The summed E-state index contributed by atoms with van der Waals surface area (Å²) in [4.78, 5) is 7.48. The molecule has 0 aliphatic heterocycles. The minimum atomic E-state index is -2.55. The summed E-state index contributed by atoms with van der Waals surface area (Å²) in [5.41, 5.74) is 0.248. The number of ether oxygens (including phenoxy) is 1. The van der Waals surface area contributed by atoms with Crippen LogP contribution in [0, 0.1) is 0 Å². The van der Waals surface area contributed by atoms with Gasteiger partial charge in [-0.1, -0.05) is 18.2 Å². The lowest BCUT2D eigenvalue weighted by atomic mass is 10.4. The lowest BCUT2D eigenvalue weighted by Gasteiger charge is -2.06. The van der Waals surface area contributed by atoms with Crippen LogP contribution in [0.25, 0.3) is 6.08 Å². The molecule has 0 saturated heterocycles. The minimum absolute atomic E-state index is 0.00435. The lowest BCUT2D eigenvalue weighted by Crippen LogP contribution is -2.09. The van der Waals surface area contributed by atoms with Crippen LogP contribution in [0.3, 0.4) is 0 Å². The zero-order valence-electron chi connectivity index (χ0n) is 7.08. The van der Waals surface area contributed by atoms with Gasteiger partial charge in [0.2, 0.25) is 5.88 Å². The van der Waals surface area contributed by atoms with E-state index >= 15 is 0 Å². The monoisotopic (exact) mass is 220 g/mol. The Morgan fingerprint density at radius 1 is 1.64 bits per heavy atom. The highest BCUT2D eigenvalue weighted by atomic mass is 35.5. The second-order valence-corrected chi connectivity index (χ2v) is 2.68. The van der Waals surface area contributed by atoms with Crippen molar-refractivity contribution in [3.63, 3.8) is 0 Å². The summed E-state index contributed by atoms with van der Waals surface area (Å²) in [7, 11) is 0. The average molecular weight is 221 g/mol. The smallest absolute Gasteiger partial charge is 0.272 e. The van der Waals surface area contributed by atoms with Crippen molar-refractivity contribution in [3.8, 4) is 5.88 Å². The van der Waals surface area contributed by atoms with Gasteiger partial charge in [0, 0.05) is 0 Å². The van der Waals surface area contributed by atoms with E-state index in [1.54, 1.807) is 0 Å². The lowest BCUT2D eigenvalue weighted by molar-refractivity contribution is 0.0792. The molecule has 0 aromatic carbocycles. The Hall–Kier alpha value is -1.23. The fraction of sp³-hybridized carbons (Fsp3) is 0.250. The van der Waals surface area contributed by atoms with Gasteiger partial charge in [-0.05, 0) is 6.08 Å². The molecule has 0 amide bonds. The third-order valence-electron chi connectivity index (χ3n) is 1.27. The summed E-state index contributed by atoms with van der Waals surface area (Å²) < 4.78 is 28.3. The van der Waals surface area contributed by atoms with Crippen LogP contribution in [0.15, 0.2) is 12.8 Å². The van der Waals surface area contributed by atoms with Crippen LogP contribution in [-0.2, 0) is 0 Å². The van der Waals surface area contributed by atoms with Crippen molar-refractivity contribution in [3.05, 3.63) is 23.6 Å². The Balaban J connectivity index is 2.80. The molecule has 0 aliphatic carbocycles. The Bertz CT molecular complexity index is 333. The molecule has 0 spiro atoms. The normalized spacial score (nSPS) is 10.3. The molecule has 1 aromatic heterocycles. The van der Waals surface area contributed by atoms with Crippen LogP contribution < -0.4 is 4.74 Å². The van der Waals surface area contributed by atoms with Crippen molar-refractivity contribution in [2.45, 2.75) is 6.43 Å². The van der Waals surface area contributed by atoms with Crippen LogP contribution >= 0.6 is 11.6 Å². The molecule has 0 N–H and O–H groups in total. The maximum absolute atomic E-state index is 11.8. The molecule has 0 unspecified atom stereocenters. The number of alkyl halides is 2. The molecular formula is C8H7ClF2N2O. The largest absolute Gasteiger partial charge is 0.470 e. The maximum Gasteiger partial charge on any atom is 0.272 e. The average Bonchev–Trinajstić information content (AvgIpc) is 2.15. The van der Waals surface area contributed by atoms with Gasteiger partial charge in [0.1, 0.15) is 10.8 Å². The molecule has 3 nitrogen and oxygen atoms in total. The third kappa shape index (κ3) is 2.92. The molecule has 1 rings (SSSR count). The summed E-state index contributed by atoms with van der Waals surface area (Å²) >= 11 is 5.53. The highest BCUT2D eigenvalue weighted by molar-refractivity contribution is 6.29. The van der Waals surface area contributed by atoms with Gasteiger partial charge in [-0.3, -0.25) is 0 Å². The molecule has 76 valence electrons. The van der Waals surface area contributed by atoms with E-state index < -0.39 is 13.0 Å². The first-order valence-corrected chi connectivity index (χ1v) is 4.07. The Morgan fingerprint density at radius 3 is 2.93 bits per heavy atom. The van der Waals surface area contributed by atoms with Crippen LogP contribution in [0.1, 0.15) is 5.69 Å². The van der Waals surface area contributed by atoms with Crippen molar-refractivity contribution in [2.24, 2.45) is 0 Å². The molecule has 0 atom stereocenters. The van der Waals surface area contributed by atoms with Gasteiger partial charge < -0.3 is 4.74 Å². The molecule has 0 bridgehead atoms. The summed E-state index contributed by atoms with van der Waals surface area (Å²) in [5, 5.41) is 0.157. The predicted molar refractivity (Wildman–Crippen MR) is 48.6 cm³/mol. The fourth-order valence-electron chi connectivity index (χ4n) is 0.756. The van der Waals surface area contributed by atoms with Gasteiger partial charge in [0.05, 0.1) is 6.20 Å². The van der Waals surface area contributed by atoms with E-state index in [9.17, 15) is 8.78 Å². The molecular weight excluding hydrogens is 214 g/mol. The topological polar surface area (TPSA) is 35.0 Å². The third-order valence-corrected chi connectivity index (χ3v) is 1.46. The highest BCUT2D eigenvalue weighted by Gasteiger charge is 2.08. The maximum atomic E-state index is 11.8. The Labute approximate surface area is 84.4 Å². The molecule has 1 heterocycles. The highest BCUT2D eigenvalue weighted by Crippen LogP contribution is 2.16. The number of rotatable bonds is 4. The Kier molecular flexibility index (Phi) is 3.76. The zero-order valence-corrected chi connectivity index (χ0v) is 7.84. The quantitative estimate of drug-likeness (QED) is 0.782. The summed E-state index contributed by atoms with van der Waals surface area (Å²) in [6.45, 7) is 2.71. The van der Waals surface area contributed by atoms with Crippen molar-refractivity contribution in [1.29, 1.82) is 0 Å². The standard InChI is InChI=1S/C8H7ClF2N2O/c1-2-5-8(14-4-7(10)11)12-3-6(9)13-5/h2-3,7H,1,4H2. The van der Waals surface area contributed by atoms with Crippen molar-refractivity contribution >= 4 is 17.7 Å². The van der Waals surface area contributed by atoms with E-state index in [1.165, 1.54) is 12.3 Å². The number of halogens is 3. The van der Waals surface area contributed by atoms with Crippen molar-refractivity contribution in [1.82, 2.24) is 9.97 Å². The van der Waals surface area contributed by atoms with E-state index in [1.807, 2.05) is 0 Å². The first kappa shape index (κ1) is 10.8. The summed E-state index contributed by atoms with van der Waals surface area (Å²) in [6, 6.07) is 0. The number of hydrogen-bond acceptors (Lipinski definition) is 3. The second kappa shape index (κ2) is 4.85. The molecule has 0 saturated carbocycles. The van der Waals surface area contributed by atoms with E-state index in [0.717, 1.165) is 0 Å². The molecule has 0 fully saturated rings. The van der Waals surface area contributed by atoms with E-state index in [2.05, 4.69) is 16.5 Å². The first-order valence-electron chi connectivity index (χ1n) is 3.69.